The van der Waals surface area contributed by atoms with Crippen LogP contribution < -0.4 is 11.2 Å². The third kappa shape index (κ3) is 4.12. The van der Waals surface area contributed by atoms with Crippen LogP contribution in [-0.2, 0) is 30.2 Å². The van der Waals surface area contributed by atoms with Gasteiger partial charge in [-0.25, -0.2) is 9.78 Å². The smallest absolute Gasteiger partial charge is 0.332 e. The van der Waals surface area contributed by atoms with Crippen LogP contribution in [0.5, 0.6) is 0 Å². The van der Waals surface area contributed by atoms with E-state index in [0.29, 0.717) is 11.2 Å². The first kappa shape index (κ1) is 21.3. The fourth-order valence-electron chi connectivity index (χ4n) is 3.85. The molecule has 0 saturated carbocycles. The number of aromatic nitrogens is 4. The number of imidazole rings is 1. The molecular formula is C24H24N4O4. The number of hydrogen-bond acceptors (Lipinski definition) is 5. The minimum absolute atomic E-state index is 0.0899. The molecule has 0 aliphatic carbocycles. The molecule has 8 nitrogen and oxygen atoms in total. The lowest BCUT2D eigenvalue weighted by Gasteiger charge is -2.17. The Bertz CT molecular complexity index is 1310. The van der Waals surface area contributed by atoms with Crippen LogP contribution in [0.1, 0.15) is 23.5 Å². The van der Waals surface area contributed by atoms with Gasteiger partial charge in [0.05, 0.1) is 19.3 Å². The average molecular weight is 432 g/mol. The van der Waals surface area contributed by atoms with Crippen LogP contribution in [-0.4, -0.2) is 31.3 Å². The number of fused-ring (bicyclic) bond motifs is 1. The van der Waals surface area contributed by atoms with E-state index in [0.717, 1.165) is 15.7 Å². The van der Waals surface area contributed by atoms with E-state index < -0.39 is 11.2 Å². The molecule has 0 bridgehead atoms. The van der Waals surface area contributed by atoms with Crippen LogP contribution in [0.4, 0.5) is 0 Å². The van der Waals surface area contributed by atoms with Gasteiger partial charge < -0.3 is 9.30 Å². The van der Waals surface area contributed by atoms with Crippen molar-refractivity contribution in [3.63, 3.8) is 0 Å². The van der Waals surface area contributed by atoms with Gasteiger partial charge in [0.1, 0.15) is 6.61 Å². The molecule has 4 aromatic rings. The maximum absolute atomic E-state index is 12.7. The van der Waals surface area contributed by atoms with Crippen molar-refractivity contribution < 1.29 is 9.53 Å². The molecule has 2 aromatic heterocycles. The number of nitrogens with zero attached hydrogens (tertiary/aromatic N) is 4. The quantitative estimate of drug-likeness (QED) is 0.418. The summed E-state index contributed by atoms with van der Waals surface area (Å²) >= 11 is 0. The van der Waals surface area contributed by atoms with Gasteiger partial charge in [-0.05, 0) is 11.1 Å². The Labute approximate surface area is 184 Å². The number of hydrogen-bond donors (Lipinski definition) is 0. The second kappa shape index (κ2) is 9.05. The molecule has 0 N–H and O–H groups in total. The fraction of sp³-hybridized carbons (Fsp3) is 0.250. The molecule has 0 atom stereocenters. The number of benzene rings is 2. The summed E-state index contributed by atoms with van der Waals surface area (Å²) in [5.41, 5.74) is 1.82. The minimum atomic E-state index is -0.438. The number of esters is 1. The summed E-state index contributed by atoms with van der Waals surface area (Å²) in [6.45, 7) is 0.351. The summed E-state index contributed by atoms with van der Waals surface area (Å²) in [5, 5.41) is 0. The van der Waals surface area contributed by atoms with Crippen LogP contribution in [0.2, 0.25) is 0 Å². The number of ether oxygens (including phenoxy) is 1. The van der Waals surface area contributed by atoms with Gasteiger partial charge in [0, 0.05) is 20.0 Å². The number of carbonyl (C=O) groups excluding carboxylic acids is 1. The van der Waals surface area contributed by atoms with Gasteiger partial charge in [0.15, 0.2) is 11.2 Å². The molecule has 0 amide bonds. The van der Waals surface area contributed by atoms with E-state index in [1.54, 1.807) is 11.6 Å². The molecule has 2 aromatic carbocycles. The highest BCUT2D eigenvalue weighted by Crippen LogP contribution is 2.28. The van der Waals surface area contributed by atoms with Gasteiger partial charge in [0.2, 0.25) is 0 Å². The van der Waals surface area contributed by atoms with Gasteiger partial charge in [-0.15, -0.1) is 0 Å². The van der Waals surface area contributed by atoms with Crippen molar-refractivity contribution in [2.75, 3.05) is 6.61 Å². The zero-order valence-electron chi connectivity index (χ0n) is 18.0. The lowest BCUT2D eigenvalue weighted by atomic mass is 9.89. The maximum atomic E-state index is 12.7. The zero-order chi connectivity index (χ0) is 22.7. The summed E-state index contributed by atoms with van der Waals surface area (Å²) in [5.74, 6) is -0.437. The molecule has 4 rings (SSSR count). The van der Waals surface area contributed by atoms with Crippen molar-refractivity contribution in [1.29, 1.82) is 0 Å². The SMILES string of the molecule is Cn1c(=O)c2c(ncn2CCOC(=O)CC(c2ccccc2)c2ccccc2)n(C)c1=O. The molecule has 0 aliphatic rings. The molecule has 32 heavy (non-hydrogen) atoms. The number of aryl methyl sites for hydroxylation is 1. The molecule has 0 radical (unpaired) electrons. The van der Waals surface area contributed by atoms with Crippen LogP contribution in [0, 0.1) is 0 Å². The number of rotatable bonds is 7. The van der Waals surface area contributed by atoms with Gasteiger partial charge in [-0.1, -0.05) is 60.7 Å². The first-order valence-electron chi connectivity index (χ1n) is 10.3. The summed E-state index contributed by atoms with van der Waals surface area (Å²) in [6, 6.07) is 19.7. The predicted octanol–water partition coefficient (Wildman–Crippen LogP) is 2.20. The lowest BCUT2D eigenvalue weighted by molar-refractivity contribution is -0.144. The second-order valence-corrected chi connectivity index (χ2v) is 7.61. The van der Waals surface area contributed by atoms with Crippen molar-refractivity contribution in [2.45, 2.75) is 18.9 Å². The molecule has 0 unspecified atom stereocenters. The fourth-order valence-corrected chi connectivity index (χ4v) is 3.85. The van der Waals surface area contributed by atoms with E-state index in [-0.39, 0.29) is 31.5 Å². The first-order valence-corrected chi connectivity index (χ1v) is 10.3. The summed E-state index contributed by atoms with van der Waals surface area (Å²) in [6.07, 6.45) is 1.69. The Morgan fingerprint density at radius 3 is 2.12 bits per heavy atom. The Morgan fingerprint density at radius 1 is 0.938 bits per heavy atom. The molecule has 0 saturated heterocycles. The average Bonchev–Trinajstić information content (AvgIpc) is 3.25. The standard InChI is InChI=1S/C24H24N4O4/c1-26-22-21(23(30)27(2)24(26)31)28(16-25-22)13-14-32-20(29)15-19(17-9-5-3-6-10-17)18-11-7-4-8-12-18/h3-12,16,19H,13-15H2,1-2H3. The topological polar surface area (TPSA) is 88.1 Å². The molecule has 0 fully saturated rings. The van der Waals surface area contributed by atoms with Crippen LogP contribution in [0.3, 0.4) is 0 Å². The van der Waals surface area contributed by atoms with Crippen LogP contribution in [0.25, 0.3) is 11.2 Å². The highest BCUT2D eigenvalue weighted by atomic mass is 16.5. The van der Waals surface area contributed by atoms with Crippen molar-refractivity contribution in [3.8, 4) is 0 Å². The van der Waals surface area contributed by atoms with E-state index in [9.17, 15) is 14.4 Å². The normalized spacial score (nSPS) is 11.2. The molecule has 0 aliphatic heterocycles. The monoisotopic (exact) mass is 432 g/mol. The van der Waals surface area contributed by atoms with Crippen molar-refractivity contribution in [3.05, 3.63) is 99.0 Å². The van der Waals surface area contributed by atoms with Crippen molar-refractivity contribution in [2.24, 2.45) is 14.1 Å². The first-order chi connectivity index (χ1) is 15.5. The van der Waals surface area contributed by atoms with Gasteiger partial charge in [-0.3, -0.25) is 18.7 Å². The van der Waals surface area contributed by atoms with E-state index in [2.05, 4.69) is 4.98 Å². The minimum Gasteiger partial charge on any atom is -0.464 e. The van der Waals surface area contributed by atoms with E-state index in [1.807, 2.05) is 60.7 Å². The number of carbonyl (C=O) groups is 1. The second-order valence-electron chi connectivity index (χ2n) is 7.61. The third-order valence-corrected chi connectivity index (χ3v) is 5.59. The molecule has 8 heteroatoms. The Morgan fingerprint density at radius 2 is 1.53 bits per heavy atom. The molecular weight excluding hydrogens is 408 g/mol. The van der Waals surface area contributed by atoms with Crippen molar-refractivity contribution in [1.82, 2.24) is 18.7 Å². The van der Waals surface area contributed by atoms with E-state index in [1.165, 1.54) is 17.9 Å². The summed E-state index contributed by atoms with van der Waals surface area (Å²) in [4.78, 5) is 41.4. The van der Waals surface area contributed by atoms with E-state index in [4.69, 9.17) is 4.74 Å². The Kier molecular flexibility index (Phi) is 6.02. The van der Waals surface area contributed by atoms with Gasteiger partial charge in [0.25, 0.3) is 5.56 Å². The highest BCUT2D eigenvalue weighted by molar-refractivity contribution is 5.72. The predicted molar refractivity (Wildman–Crippen MR) is 121 cm³/mol. The summed E-state index contributed by atoms with van der Waals surface area (Å²) < 4.78 is 9.47. The Balaban J connectivity index is 1.47. The van der Waals surface area contributed by atoms with Gasteiger partial charge >= 0.3 is 11.7 Å². The Hall–Kier alpha value is -3.94. The van der Waals surface area contributed by atoms with Crippen LogP contribution >= 0.6 is 0 Å². The third-order valence-electron chi connectivity index (χ3n) is 5.59. The molecule has 2 heterocycles. The van der Waals surface area contributed by atoms with Crippen LogP contribution in [0.15, 0.2) is 76.6 Å². The van der Waals surface area contributed by atoms with Crippen molar-refractivity contribution >= 4 is 17.1 Å². The maximum Gasteiger partial charge on any atom is 0.332 e. The highest BCUT2D eigenvalue weighted by Gasteiger charge is 2.19. The zero-order valence-corrected chi connectivity index (χ0v) is 18.0. The molecule has 0 spiro atoms. The summed E-state index contributed by atoms with van der Waals surface area (Å²) in [7, 11) is 2.99. The molecule has 164 valence electrons. The lowest BCUT2D eigenvalue weighted by Crippen LogP contribution is -2.37. The van der Waals surface area contributed by atoms with E-state index >= 15 is 0 Å². The van der Waals surface area contributed by atoms with Gasteiger partial charge in [-0.2, -0.15) is 0 Å². The largest absolute Gasteiger partial charge is 0.464 e.